The molecular formula is C23H30O6. The molecule has 3 heterocycles. The average Bonchev–Trinajstić information content (AvgIpc) is 3.58. The van der Waals surface area contributed by atoms with Crippen molar-refractivity contribution >= 4 is 5.97 Å². The average molecular weight is 402 g/mol. The van der Waals surface area contributed by atoms with Crippen molar-refractivity contribution in [3.8, 4) is 0 Å². The fourth-order valence-corrected chi connectivity index (χ4v) is 7.75. The molecule has 0 aromatic carbocycles. The first kappa shape index (κ1) is 18.4. The zero-order valence-corrected chi connectivity index (χ0v) is 17.5. The van der Waals surface area contributed by atoms with Crippen LogP contribution in [0.4, 0.5) is 0 Å². The Balaban J connectivity index is 1.50. The van der Waals surface area contributed by atoms with Crippen LogP contribution in [0.25, 0.3) is 0 Å². The van der Waals surface area contributed by atoms with E-state index >= 15 is 0 Å². The highest BCUT2D eigenvalue weighted by Crippen LogP contribution is 2.77. The van der Waals surface area contributed by atoms with Crippen molar-refractivity contribution in [2.45, 2.75) is 70.9 Å². The minimum Gasteiger partial charge on any atom is -0.509 e. The van der Waals surface area contributed by atoms with Crippen molar-refractivity contribution in [3.05, 3.63) is 22.5 Å². The van der Waals surface area contributed by atoms with E-state index in [0.717, 1.165) is 24.0 Å². The number of hydrogen-bond donors (Lipinski definition) is 2. The van der Waals surface area contributed by atoms with Gasteiger partial charge in [-0.1, -0.05) is 27.7 Å². The smallest absolute Gasteiger partial charge is 0.334 e. The van der Waals surface area contributed by atoms with Gasteiger partial charge in [-0.3, -0.25) is 0 Å². The van der Waals surface area contributed by atoms with Gasteiger partial charge in [-0.05, 0) is 36.7 Å². The van der Waals surface area contributed by atoms with Gasteiger partial charge >= 0.3 is 5.97 Å². The van der Waals surface area contributed by atoms with Crippen molar-refractivity contribution in [1.29, 1.82) is 0 Å². The van der Waals surface area contributed by atoms with Gasteiger partial charge in [-0.2, -0.15) is 0 Å². The Bertz CT molecular complexity index is 886. The molecule has 3 aliphatic carbocycles. The highest BCUT2D eigenvalue weighted by Gasteiger charge is 2.84. The number of esters is 1. The molecular weight excluding hydrogens is 372 g/mol. The Morgan fingerprint density at radius 3 is 2.69 bits per heavy atom. The van der Waals surface area contributed by atoms with Gasteiger partial charge < -0.3 is 24.4 Å². The number of rotatable bonds is 2. The lowest BCUT2D eigenvalue weighted by Gasteiger charge is -2.62. The standard InChI is InChI=1S/C23H30O6/c1-10-7-14-13-8-28-20(26)12(13)5-6-21(14,3)23-19(29-23)17(24)16(11(2)15-9-27-15)18(25)22(10,23)4/h10-11,14-15,18-19,24-25H,5-9H2,1-4H3/t10-,11+,14?,15-,18+,19-,21-,22-,23+/m0/s1. The number of carbonyl (C=O) groups excluding carboxylic acids is 1. The molecule has 0 amide bonds. The van der Waals surface area contributed by atoms with Crippen LogP contribution < -0.4 is 0 Å². The molecule has 0 aromatic heterocycles. The molecule has 6 heteroatoms. The van der Waals surface area contributed by atoms with Crippen LogP contribution in [0.3, 0.4) is 0 Å². The van der Waals surface area contributed by atoms with Crippen molar-refractivity contribution < 1.29 is 29.2 Å². The van der Waals surface area contributed by atoms with Crippen LogP contribution in [0.1, 0.15) is 47.0 Å². The summed E-state index contributed by atoms with van der Waals surface area (Å²) in [6, 6.07) is 0. The van der Waals surface area contributed by atoms with Crippen molar-refractivity contribution in [3.63, 3.8) is 0 Å². The molecule has 2 N–H and O–H groups in total. The van der Waals surface area contributed by atoms with Crippen LogP contribution >= 0.6 is 0 Å². The maximum atomic E-state index is 12.2. The third kappa shape index (κ3) is 1.84. The molecule has 3 aliphatic heterocycles. The van der Waals surface area contributed by atoms with Crippen LogP contribution in [-0.2, 0) is 19.0 Å². The topological polar surface area (TPSA) is 91.8 Å². The van der Waals surface area contributed by atoms with Crippen LogP contribution in [0, 0.1) is 28.6 Å². The Morgan fingerprint density at radius 1 is 1.28 bits per heavy atom. The number of ether oxygens (including phenoxy) is 3. The van der Waals surface area contributed by atoms with Gasteiger partial charge in [0.25, 0.3) is 0 Å². The lowest BCUT2D eigenvalue weighted by molar-refractivity contribution is -0.158. The maximum absolute atomic E-state index is 12.2. The van der Waals surface area contributed by atoms with E-state index in [4.69, 9.17) is 14.2 Å². The van der Waals surface area contributed by atoms with Crippen molar-refractivity contribution in [1.82, 2.24) is 0 Å². The summed E-state index contributed by atoms with van der Waals surface area (Å²) in [5.74, 6) is 0.365. The summed E-state index contributed by atoms with van der Waals surface area (Å²) >= 11 is 0. The van der Waals surface area contributed by atoms with E-state index in [0.29, 0.717) is 25.2 Å². The molecule has 9 atom stereocenters. The number of aliphatic hydroxyl groups excluding tert-OH is 2. The first-order valence-electron chi connectivity index (χ1n) is 11.0. The zero-order chi connectivity index (χ0) is 20.5. The molecule has 158 valence electrons. The molecule has 1 unspecified atom stereocenters. The second-order valence-electron chi connectivity index (χ2n) is 10.6. The first-order chi connectivity index (χ1) is 13.7. The molecule has 6 nitrogen and oxygen atoms in total. The molecule has 0 radical (unpaired) electrons. The third-order valence-corrected chi connectivity index (χ3v) is 9.77. The highest BCUT2D eigenvalue weighted by atomic mass is 16.6. The molecule has 29 heavy (non-hydrogen) atoms. The van der Waals surface area contributed by atoms with E-state index in [-0.39, 0.29) is 47.1 Å². The van der Waals surface area contributed by atoms with Gasteiger partial charge in [-0.25, -0.2) is 4.79 Å². The fraction of sp³-hybridized carbons (Fsp3) is 0.783. The summed E-state index contributed by atoms with van der Waals surface area (Å²) < 4.78 is 17.4. The Hall–Kier alpha value is -1.37. The maximum Gasteiger partial charge on any atom is 0.334 e. The Kier molecular flexibility index (Phi) is 3.34. The molecule has 2 saturated heterocycles. The summed E-state index contributed by atoms with van der Waals surface area (Å²) in [5, 5.41) is 22.9. The van der Waals surface area contributed by atoms with Gasteiger partial charge in [0.15, 0.2) is 0 Å². The second-order valence-corrected chi connectivity index (χ2v) is 10.6. The number of aliphatic hydroxyl groups is 2. The summed E-state index contributed by atoms with van der Waals surface area (Å²) in [4.78, 5) is 12.2. The number of cyclic esters (lactones) is 1. The second kappa shape index (κ2) is 5.27. The first-order valence-corrected chi connectivity index (χ1v) is 11.0. The molecule has 6 rings (SSSR count). The van der Waals surface area contributed by atoms with Gasteiger partial charge in [0.05, 0.1) is 18.8 Å². The van der Waals surface area contributed by atoms with Crippen molar-refractivity contribution in [2.75, 3.05) is 13.2 Å². The zero-order valence-electron chi connectivity index (χ0n) is 17.5. The van der Waals surface area contributed by atoms with E-state index in [1.165, 1.54) is 0 Å². The predicted octanol–water partition coefficient (Wildman–Crippen LogP) is 2.66. The quantitative estimate of drug-likeness (QED) is 0.545. The van der Waals surface area contributed by atoms with Crippen LogP contribution in [-0.4, -0.2) is 53.3 Å². The normalized spacial score (nSPS) is 53.6. The lowest BCUT2D eigenvalue weighted by Crippen LogP contribution is -2.67. The largest absolute Gasteiger partial charge is 0.509 e. The Morgan fingerprint density at radius 2 is 2.00 bits per heavy atom. The Labute approximate surface area is 170 Å². The molecule has 0 bridgehead atoms. The molecule has 1 spiro atoms. The number of carbonyl (C=O) groups is 1. The number of fused-ring (bicyclic) bond motifs is 2. The van der Waals surface area contributed by atoms with E-state index < -0.39 is 17.1 Å². The summed E-state index contributed by atoms with van der Waals surface area (Å²) in [6.07, 6.45) is 1.29. The van der Waals surface area contributed by atoms with Crippen LogP contribution in [0.5, 0.6) is 0 Å². The summed E-state index contributed by atoms with van der Waals surface area (Å²) in [6.45, 7) is 9.67. The van der Waals surface area contributed by atoms with E-state index in [2.05, 4.69) is 20.8 Å². The molecule has 3 fully saturated rings. The third-order valence-electron chi connectivity index (χ3n) is 9.77. The lowest BCUT2D eigenvalue weighted by atomic mass is 9.40. The predicted molar refractivity (Wildman–Crippen MR) is 103 cm³/mol. The summed E-state index contributed by atoms with van der Waals surface area (Å²) in [5.41, 5.74) is 1.31. The monoisotopic (exact) mass is 402 g/mol. The van der Waals surface area contributed by atoms with E-state index in [1.54, 1.807) is 0 Å². The van der Waals surface area contributed by atoms with Crippen molar-refractivity contribution in [2.24, 2.45) is 28.6 Å². The minimum absolute atomic E-state index is 0.0247. The van der Waals surface area contributed by atoms with E-state index in [1.807, 2.05) is 6.92 Å². The van der Waals surface area contributed by atoms with Crippen LogP contribution in [0.15, 0.2) is 22.5 Å². The van der Waals surface area contributed by atoms with Crippen LogP contribution in [0.2, 0.25) is 0 Å². The van der Waals surface area contributed by atoms with Gasteiger partial charge in [-0.15, -0.1) is 0 Å². The van der Waals surface area contributed by atoms with E-state index in [9.17, 15) is 15.0 Å². The van der Waals surface area contributed by atoms with Gasteiger partial charge in [0.1, 0.15) is 24.1 Å². The summed E-state index contributed by atoms with van der Waals surface area (Å²) in [7, 11) is 0. The number of hydrogen-bond acceptors (Lipinski definition) is 6. The fourth-order valence-electron chi connectivity index (χ4n) is 7.75. The van der Waals surface area contributed by atoms with Gasteiger partial charge in [0.2, 0.25) is 0 Å². The molecule has 6 aliphatic rings. The number of epoxide rings is 2. The minimum atomic E-state index is -0.773. The highest BCUT2D eigenvalue weighted by molar-refractivity contribution is 5.92. The molecule has 1 saturated carbocycles. The molecule has 0 aromatic rings. The van der Waals surface area contributed by atoms with Gasteiger partial charge in [0, 0.05) is 27.9 Å². The SMILES string of the molecule is C[C@@H](C1=C(O)[C@@H]2O[C@]23[C@](C)([C@@H]1O)[C@@H](C)CC1C2=C(CC[C@@]13C)C(=O)OC2)[C@@H]1CO1.